The first-order chi connectivity index (χ1) is 11.8. The summed E-state index contributed by atoms with van der Waals surface area (Å²) in [5, 5.41) is 5.89. The van der Waals surface area contributed by atoms with E-state index in [-0.39, 0.29) is 12.2 Å². The van der Waals surface area contributed by atoms with Crippen molar-refractivity contribution in [1.29, 1.82) is 0 Å². The zero-order chi connectivity index (χ0) is 18.6. The van der Waals surface area contributed by atoms with Crippen molar-refractivity contribution in [2.24, 2.45) is 7.05 Å². The van der Waals surface area contributed by atoms with Crippen LogP contribution in [0.15, 0.2) is 24.3 Å². The van der Waals surface area contributed by atoms with E-state index in [0.29, 0.717) is 17.9 Å². The molecule has 2 rings (SSSR count). The SMILES string of the molecule is COc1ccc(CCNC(=O)c2cc(C(F)(F)F)nn2C)cc1OC. The molecular formula is C16H18F3N3O3. The van der Waals surface area contributed by atoms with Crippen LogP contribution in [-0.4, -0.2) is 36.5 Å². The lowest BCUT2D eigenvalue weighted by molar-refractivity contribution is -0.141. The Labute approximate surface area is 142 Å². The number of amides is 1. The highest BCUT2D eigenvalue weighted by Gasteiger charge is 2.35. The Morgan fingerprint density at radius 1 is 1.20 bits per heavy atom. The number of nitrogens with zero attached hydrogens (tertiary/aromatic N) is 2. The van der Waals surface area contributed by atoms with E-state index >= 15 is 0 Å². The highest BCUT2D eigenvalue weighted by atomic mass is 19.4. The van der Waals surface area contributed by atoms with E-state index in [9.17, 15) is 18.0 Å². The fourth-order valence-electron chi connectivity index (χ4n) is 2.27. The first kappa shape index (κ1) is 18.6. The van der Waals surface area contributed by atoms with E-state index in [1.54, 1.807) is 12.1 Å². The number of hydrogen-bond donors (Lipinski definition) is 1. The number of benzene rings is 1. The van der Waals surface area contributed by atoms with Gasteiger partial charge in [-0.3, -0.25) is 9.48 Å². The normalized spacial score (nSPS) is 11.3. The van der Waals surface area contributed by atoms with Gasteiger partial charge in [0.15, 0.2) is 17.2 Å². The molecule has 0 bridgehead atoms. The number of nitrogens with one attached hydrogen (secondary N) is 1. The molecule has 0 atom stereocenters. The van der Waals surface area contributed by atoms with Gasteiger partial charge in [-0.05, 0) is 24.1 Å². The smallest absolute Gasteiger partial charge is 0.435 e. The minimum Gasteiger partial charge on any atom is -0.493 e. The summed E-state index contributed by atoms with van der Waals surface area (Å²) in [6.07, 6.45) is -4.11. The quantitative estimate of drug-likeness (QED) is 0.862. The summed E-state index contributed by atoms with van der Waals surface area (Å²) in [5.74, 6) is 0.531. The topological polar surface area (TPSA) is 65.4 Å². The summed E-state index contributed by atoms with van der Waals surface area (Å²) in [5.41, 5.74) is -0.362. The maximum absolute atomic E-state index is 12.6. The molecule has 1 heterocycles. The number of carbonyl (C=O) groups excluding carboxylic acids is 1. The number of aromatic nitrogens is 2. The molecule has 9 heteroatoms. The Kier molecular flexibility index (Phi) is 5.55. The third-order valence-corrected chi connectivity index (χ3v) is 3.55. The van der Waals surface area contributed by atoms with Crippen molar-refractivity contribution in [2.45, 2.75) is 12.6 Å². The van der Waals surface area contributed by atoms with Crippen LogP contribution in [-0.2, 0) is 19.6 Å². The molecule has 0 fully saturated rings. The van der Waals surface area contributed by atoms with Crippen molar-refractivity contribution in [2.75, 3.05) is 20.8 Å². The number of rotatable bonds is 6. The molecule has 1 aromatic carbocycles. The second-order valence-corrected chi connectivity index (χ2v) is 5.23. The molecule has 0 spiro atoms. The molecule has 0 unspecified atom stereocenters. The van der Waals surface area contributed by atoms with Gasteiger partial charge < -0.3 is 14.8 Å². The Bertz CT molecular complexity index is 757. The van der Waals surface area contributed by atoms with Crippen molar-refractivity contribution < 1.29 is 27.4 Å². The van der Waals surface area contributed by atoms with Crippen molar-refractivity contribution >= 4 is 5.91 Å². The van der Waals surface area contributed by atoms with Gasteiger partial charge in [-0.15, -0.1) is 0 Å². The second-order valence-electron chi connectivity index (χ2n) is 5.23. The van der Waals surface area contributed by atoms with E-state index in [1.165, 1.54) is 21.3 Å². The van der Waals surface area contributed by atoms with Gasteiger partial charge >= 0.3 is 6.18 Å². The first-order valence-electron chi connectivity index (χ1n) is 7.36. The van der Waals surface area contributed by atoms with Crippen LogP contribution in [0.4, 0.5) is 13.2 Å². The van der Waals surface area contributed by atoms with Crippen LogP contribution in [0.2, 0.25) is 0 Å². The molecular weight excluding hydrogens is 339 g/mol. The largest absolute Gasteiger partial charge is 0.493 e. The van der Waals surface area contributed by atoms with Crippen LogP contribution >= 0.6 is 0 Å². The monoisotopic (exact) mass is 357 g/mol. The van der Waals surface area contributed by atoms with Crippen molar-refractivity contribution in [3.63, 3.8) is 0 Å². The van der Waals surface area contributed by atoms with Gasteiger partial charge in [0.2, 0.25) is 0 Å². The van der Waals surface area contributed by atoms with Gasteiger partial charge in [-0.2, -0.15) is 18.3 Å². The Balaban J connectivity index is 1.98. The minimum atomic E-state index is -4.59. The molecule has 25 heavy (non-hydrogen) atoms. The Morgan fingerprint density at radius 2 is 1.88 bits per heavy atom. The third kappa shape index (κ3) is 4.43. The number of alkyl halides is 3. The summed E-state index contributed by atoms with van der Waals surface area (Å²) >= 11 is 0. The van der Waals surface area contributed by atoms with E-state index in [1.807, 2.05) is 6.07 Å². The summed E-state index contributed by atoms with van der Waals surface area (Å²) in [6, 6.07) is 6.06. The van der Waals surface area contributed by atoms with Gasteiger partial charge in [-0.25, -0.2) is 0 Å². The van der Waals surface area contributed by atoms with Gasteiger partial charge in [0, 0.05) is 19.7 Å². The van der Waals surface area contributed by atoms with Crippen LogP contribution in [0.1, 0.15) is 21.7 Å². The summed E-state index contributed by atoms with van der Waals surface area (Å²) in [6.45, 7) is 0.251. The molecule has 0 aliphatic rings. The van der Waals surface area contributed by atoms with Crippen LogP contribution < -0.4 is 14.8 Å². The summed E-state index contributed by atoms with van der Waals surface area (Å²) in [7, 11) is 4.34. The molecule has 1 amide bonds. The molecule has 0 aliphatic carbocycles. The van der Waals surface area contributed by atoms with Crippen LogP contribution in [0.5, 0.6) is 11.5 Å². The van der Waals surface area contributed by atoms with Crippen molar-refractivity contribution in [1.82, 2.24) is 15.1 Å². The molecule has 6 nitrogen and oxygen atoms in total. The number of ether oxygens (including phenoxy) is 2. The Morgan fingerprint density at radius 3 is 2.44 bits per heavy atom. The van der Waals surface area contributed by atoms with Crippen LogP contribution in [0.3, 0.4) is 0 Å². The van der Waals surface area contributed by atoms with Gasteiger partial charge in [0.1, 0.15) is 5.69 Å². The first-order valence-corrected chi connectivity index (χ1v) is 7.36. The van der Waals surface area contributed by atoms with Crippen LogP contribution in [0, 0.1) is 0 Å². The highest BCUT2D eigenvalue weighted by molar-refractivity contribution is 5.92. The average molecular weight is 357 g/mol. The highest BCUT2D eigenvalue weighted by Crippen LogP contribution is 2.29. The molecule has 0 aliphatic heterocycles. The average Bonchev–Trinajstić information content (AvgIpc) is 2.96. The molecule has 136 valence electrons. The van der Waals surface area contributed by atoms with Crippen LogP contribution in [0.25, 0.3) is 0 Å². The number of halogens is 3. The predicted molar refractivity (Wildman–Crippen MR) is 83.8 cm³/mol. The van der Waals surface area contributed by atoms with E-state index in [4.69, 9.17) is 9.47 Å². The maximum atomic E-state index is 12.6. The lowest BCUT2D eigenvalue weighted by atomic mass is 10.1. The molecule has 1 N–H and O–H groups in total. The summed E-state index contributed by atoms with van der Waals surface area (Å²) in [4.78, 5) is 12.0. The fourth-order valence-corrected chi connectivity index (χ4v) is 2.27. The zero-order valence-electron chi connectivity index (χ0n) is 14.0. The van der Waals surface area contributed by atoms with E-state index in [0.717, 1.165) is 16.3 Å². The third-order valence-electron chi connectivity index (χ3n) is 3.55. The molecule has 2 aromatic rings. The fraction of sp³-hybridized carbons (Fsp3) is 0.375. The van der Waals surface area contributed by atoms with Gasteiger partial charge in [0.05, 0.1) is 14.2 Å². The minimum absolute atomic E-state index is 0.153. The number of hydrogen-bond acceptors (Lipinski definition) is 4. The lowest BCUT2D eigenvalue weighted by Crippen LogP contribution is -2.27. The predicted octanol–water partition coefficient (Wildman–Crippen LogP) is 2.43. The summed E-state index contributed by atoms with van der Waals surface area (Å²) < 4.78 is 49.1. The zero-order valence-corrected chi connectivity index (χ0v) is 14.0. The van der Waals surface area contributed by atoms with Crippen molar-refractivity contribution in [3.05, 3.63) is 41.2 Å². The standard InChI is InChI=1S/C16H18F3N3O3/c1-22-11(9-14(21-22)16(17,18)19)15(23)20-7-6-10-4-5-12(24-2)13(8-10)25-3/h4-5,8-9H,6-7H2,1-3H3,(H,20,23). The number of carbonyl (C=O) groups is 1. The maximum Gasteiger partial charge on any atom is 0.435 e. The molecule has 1 aromatic heterocycles. The van der Waals surface area contributed by atoms with Gasteiger partial charge in [0.25, 0.3) is 5.91 Å². The van der Waals surface area contributed by atoms with E-state index < -0.39 is 17.8 Å². The van der Waals surface area contributed by atoms with E-state index in [2.05, 4.69) is 10.4 Å². The van der Waals surface area contributed by atoms with Gasteiger partial charge in [-0.1, -0.05) is 6.07 Å². The number of aryl methyl sites for hydroxylation is 1. The lowest BCUT2D eigenvalue weighted by Gasteiger charge is -2.10. The molecule has 0 radical (unpaired) electrons. The second kappa shape index (κ2) is 7.45. The molecule has 0 saturated carbocycles. The molecule has 0 saturated heterocycles. The Hall–Kier alpha value is -2.71. The number of methoxy groups -OCH3 is 2. The van der Waals surface area contributed by atoms with Crippen molar-refractivity contribution in [3.8, 4) is 11.5 Å².